The summed E-state index contributed by atoms with van der Waals surface area (Å²) in [5.41, 5.74) is 2.49. The number of aryl methyl sites for hydroxylation is 1. The summed E-state index contributed by atoms with van der Waals surface area (Å²) in [6.07, 6.45) is 2.04. The lowest BCUT2D eigenvalue weighted by Crippen LogP contribution is -2.38. The topological polar surface area (TPSA) is 67.2 Å². The molecule has 0 radical (unpaired) electrons. The molecule has 3 rings (SSSR count). The average molecular weight is 383 g/mol. The van der Waals surface area contributed by atoms with Crippen LogP contribution in [-0.4, -0.2) is 39.6 Å². The summed E-state index contributed by atoms with van der Waals surface area (Å²) in [5.74, 6) is 0.640. The molecule has 1 aliphatic heterocycles. The van der Waals surface area contributed by atoms with Crippen LogP contribution in [0.15, 0.2) is 30.3 Å². The Morgan fingerprint density at radius 1 is 1.21 bits per heavy atom. The van der Waals surface area contributed by atoms with E-state index in [0.717, 1.165) is 31.6 Å². The van der Waals surface area contributed by atoms with Crippen LogP contribution >= 0.6 is 0 Å². The van der Waals surface area contributed by atoms with Crippen molar-refractivity contribution in [3.63, 3.8) is 0 Å². The van der Waals surface area contributed by atoms with E-state index >= 15 is 0 Å². The SMILES string of the molecule is CCn1nc(C(C)C)cc1C(=O)Nc1ccccc1C(=O)N1CCC(C)CC1. The normalized spacial score (nSPS) is 15.1. The molecule has 1 saturated heterocycles. The zero-order chi connectivity index (χ0) is 20.3. The number of likely N-dealkylation sites (tertiary alicyclic amines) is 1. The Morgan fingerprint density at radius 3 is 2.54 bits per heavy atom. The fraction of sp³-hybridized carbons (Fsp3) is 0.500. The number of carbonyl (C=O) groups excluding carboxylic acids is 2. The summed E-state index contributed by atoms with van der Waals surface area (Å²) in [6.45, 7) is 10.4. The van der Waals surface area contributed by atoms with Crippen LogP contribution < -0.4 is 5.32 Å². The van der Waals surface area contributed by atoms with Crippen molar-refractivity contribution in [2.45, 2.75) is 53.0 Å². The van der Waals surface area contributed by atoms with Crippen LogP contribution in [0.2, 0.25) is 0 Å². The van der Waals surface area contributed by atoms with Gasteiger partial charge in [-0.15, -0.1) is 0 Å². The standard InChI is InChI=1S/C22H30N4O2/c1-5-26-20(14-19(24-26)15(2)3)21(27)23-18-9-7-6-8-17(18)22(28)25-12-10-16(4)11-13-25/h6-9,14-16H,5,10-13H2,1-4H3,(H,23,27). The van der Waals surface area contributed by atoms with Gasteiger partial charge in [0, 0.05) is 19.6 Å². The number of hydrogen-bond donors (Lipinski definition) is 1. The number of amides is 2. The van der Waals surface area contributed by atoms with Gasteiger partial charge in [-0.25, -0.2) is 0 Å². The number of hydrogen-bond acceptors (Lipinski definition) is 3. The average Bonchev–Trinajstić information content (AvgIpc) is 3.13. The number of anilines is 1. The fourth-order valence-electron chi connectivity index (χ4n) is 3.49. The van der Waals surface area contributed by atoms with Crippen molar-refractivity contribution in [1.82, 2.24) is 14.7 Å². The maximum Gasteiger partial charge on any atom is 0.273 e. The summed E-state index contributed by atoms with van der Waals surface area (Å²) < 4.78 is 1.71. The lowest BCUT2D eigenvalue weighted by molar-refractivity contribution is 0.0698. The van der Waals surface area contributed by atoms with Gasteiger partial charge >= 0.3 is 0 Å². The molecule has 0 unspecified atom stereocenters. The summed E-state index contributed by atoms with van der Waals surface area (Å²) in [4.78, 5) is 27.8. The molecule has 150 valence electrons. The van der Waals surface area contributed by atoms with Crippen LogP contribution in [0.1, 0.15) is 73.0 Å². The van der Waals surface area contributed by atoms with Crippen molar-refractivity contribution in [1.29, 1.82) is 0 Å². The van der Waals surface area contributed by atoms with Gasteiger partial charge < -0.3 is 10.2 Å². The van der Waals surface area contributed by atoms with Crippen LogP contribution in [0, 0.1) is 5.92 Å². The van der Waals surface area contributed by atoms with Crippen molar-refractivity contribution >= 4 is 17.5 Å². The Balaban J connectivity index is 1.82. The second-order valence-corrected chi connectivity index (χ2v) is 7.90. The van der Waals surface area contributed by atoms with Gasteiger partial charge in [-0.05, 0) is 49.8 Å². The molecule has 28 heavy (non-hydrogen) atoms. The monoisotopic (exact) mass is 382 g/mol. The number of piperidine rings is 1. The van der Waals surface area contributed by atoms with Crippen LogP contribution in [0.4, 0.5) is 5.69 Å². The Morgan fingerprint density at radius 2 is 1.89 bits per heavy atom. The zero-order valence-corrected chi connectivity index (χ0v) is 17.2. The third kappa shape index (κ3) is 4.26. The molecule has 2 aromatic rings. The number of nitrogens with one attached hydrogen (secondary N) is 1. The largest absolute Gasteiger partial charge is 0.339 e. The molecular weight excluding hydrogens is 352 g/mol. The third-order valence-corrected chi connectivity index (χ3v) is 5.40. The second-order valence-electron chi connectivity index (χ2n) is 7.90. The molecule has 1 aromatic carbocycles. The maximum atomic E-state index is 13.0. The first-order valence-electron chi connectivity index (χ1n) is 10.2. The first-order valence-corrected chi connectivity index (χ1v) is 10.2. The molecular formula is C22H30N4O2. The number of para-hydroxylation sites is 1. The Hall–Kier alpha value is -2.63. The van der Waals surface area contributed by atoms with Gasteiger partial charge in [-0.2, -0.15) is 5.10 Å². The van der Waals surface area contributed by atoms with Crippen molar-refractivity contribution in [2.24, 2.45) is 5.92 Å². The summed E-state index contributed by atoms with van der Waals surface area (Å²) in [5, 5.41) is 7.44. The predicted octanol–water partition coefficient (Wildman–Crippen LogP) is 4.15. The van der Waals surface area contributed by atoms with Gasteiger partial charge in [0.15, 0.2) is 0 Å². The van der Waals surface area contributed by atoms with Crippen molar-refractivity contribution in [3.8, 4) is 0 Å². The molecule has 0 spiro atoms. The molecule has 0 saturated carbocycles. The lowest BCUT2D eigenvalue weighted by atomic mass is 9.98. The molecule has 1 N–H and O–H groups in total. The highest BCUT2D eigenvalue weighted by Crippen LogP contribution is 2.23. The number of aromatic nitrogens is 2. The highest BCUT2D eigenvalue weighted by molar-refractivity contribution is 6.08. The molecule has 0 bridgehead atoms. The molecule has 6 heteroatoms. The molecule has 2 amide bonds. The fourth-order valence-corrected chi connectivity index (χ4v) is 3.49. The zero-order valence-electron chi connectivity index (χ0n) is 17.2. The third-order valence-electron chi connectivity index (χ3n) is 5.40. The minimum atomic E-state index is -0.242. The molecule has 1 fully saturated rings. The van der Waals surface area contributed by atoms with Gasteiger partial charge in [0.25, 0.3) is 11.8 Å². The van der Waals surface area contributed by atoms with Crippen LogP contribution in [-0.2, 0) is 6.54 Å². The molecule has 1 aromatic heterocycles. The van der Waals surface area contributed by atoms with Gasteiger partial charge in [0.1, 0.15) is 5.69 Å². The highest BCUT2D eigenvalue weighted by atomic mass is 16.2. The number of nitrogens with zero attached hydrogens (tertiary/aromatic N) is 3. The van der Waals surface area contributed by atoms with Gasteiger partial charge in [0.05, 0.1) is 16.9 Å². The Labute approximate surface area is 166 Å². The van der Waals surface area contributed by atoms with E-state index in [-0.39, 0.29) is 17.7 Å². The van der Waals surface area contributed by atoms with Crippen LogP contribution in [0.5, 0.6) is 0 Å². The molecule has 2 heterocycles. The first-order chi connectivity index (χ1) is 13.4. The van der Waals surface area contributed by atoms with E-state index in [2.05, 4.69) is 31.2 Å². The van der Waals surface area contributed by atoms with E-state index in [1.165, 1.54) is 0 Å². The van der Waals surface area contributed by atoms with Crippen LogP contribution in [0.25, 0.3) is 0 Å². The lowest BCUT2D eigenvalue weighted by Gasteiger charge is -2.30. The predicted molar refractivity (Wildman–Crippen MR) is 111 cm³/mol. The van der Waals surface area contributed by atoms with E-state index < -0.39 is 0 Å². The Bertz CT molecular complexity index is 848. The van der Waals surface area contributed by atoms with Gasteiger partial charge in [-0.1, -0.05) is 32.9 Å². The van der Waals surface area contributed by atoms with Gasteiger partial charge in [-0.3, -0.25) is 14.3 Å². The van der Waals surface area contributed by atoms with Crippen molar-refractivity contribution in [3.05, 3.63) is 47.3 Å². The summed E-state index contributed by atoms with van der Waals surface area (Å²) in [7, 11) is 0. The highest BCUT2D eigenvalue weighted by Gasteiger charge is 2.24. The minimum Gasteiger partial charge on any atom is -0.339 e. The number of carbonyl (C=O) groups is 2. The molecule has 0 aliphatic carbocycles. The van der Waals surface area contributed by atoms with E-state index in [9.17, 15) is 9.59 Å². The van der Waals surface area contributed by atoms with E-state index in [0.29, 0.717) is 29.4 Å². The van der Waals surface area contributed by atoms with Crippen molar-refractivity contribution < 1.29 is 9.59 Å². The minimum absolute atomic E-state index is 0.0188. The Kier molecular flexibility index (Phi) is 6.17. The molecule has 6 nitrogen and oxygen atoms in total. The van der Waals surface area contributed by atoms with Crippen LogP contribution in [0.3, 0.4) is 0 Å². The van der Waals surface area contributed by atoms with E-state index in [4.69, 9.17) is 0 Å². The van der Waals surface area contributed by atoms with E-state index in [1.54, 1.807) is 16.8 Å². The van der Waals surface area contributed by atoms with E-state index in [1.807, 2.05) is 30.0 Å². The first kappa shape index (κ1) is 20.1. The number of rotatable bonds is 5. The molecule has 1 aliphatic rings. The van der Waals surface area contributed by atoms with Gasteiger partial charge in [0.2, 0.25) is 0 Å². The summed E-state index contributed by atoms with van der Waals surface area (Å²) in [6, 6.07) is 9.07. The summed E-state index contributed by atoms with van der Waals surface area (Å²) >= 11 is 0. The maximum absolute atomic E-state index is 13.0. The smallest absolute Gasteiger partial charge is 0.273 e. The van der Waals surface area contributed by atoms with Crippen molar-refractivity contribution in [2.75, 3.05) is 18.4 Å². The number of benzene rings is 1. The quantitative estimate of drug-likeness (QED) is 0.845. The molecule has 0 atom stereocenters. The second kappa shape index (κ2) is 8.59.